The van der Waals surface area contributed by atoms with Gasteiger partial charge in [0.1, 0.15) is 28.8 Å². The molecule has 1 aliphatic rings. The number of aromatic nitrogens is 5. The van der Waals surface area contributed by atoms with E-state index in [0.29, 0.717) is 39.9 Å². The van der Waals surface area contributed by atoms with Gasteiger partial charge < -0.3 is 9.47 Å². The van der Waals surface area contributed by atoms with E-state index in [-0.39, 0.29) is 12.4 Å². The van der Waals surface area contributed by atoms with Crippen molar-refractivity contribution >= 4 is 11.2 Å². The molecule has 0 aliphatic carbocycles. The van der Waals surface area contributed by atoms with Crippen LogP contribution in [0.2, 0.25) is 0 Å². The highest BCUT2D eigenvalue weighted by Crippen LogP contribution is 2.30. The highest BCUT2D eigenvalue weighted by molar-refractivity contribution is 5.79. The van der Waals surface area contributed by atoms with Gasteiger partial charge in [-0.25, -0.2) is 23.7 Å². The van der Waals surface area contributed by atoms with Gasteiger partial charge in [0.15, 0.2) is 5.65 Å². The standard InChI is InChI=1S/C25H26F2N6/c1-4-32-8-7-18(13-32)17-5-6-19(22(27)10-17)14-33-24(20-9-21(26)12-28-11-20)31-23-15(2)29-16(3)30-25(23)33/h5-6,9-12,18H,4,7-8,13-14H2,1-3H3. The largest absolute Gasteiger partial charge is 0.304 e. The van der Waals surface area contributed by atoms with E-state index in [2.05, 4.69) is 26.8 Å². The van der Waals surface area contributed by atoms with Crippen LogP contribution in [-0.2, 0) is 6.54 Å². The summed E-state index contributed by atoms with van der Waals surface area (Å²) in [5.74, 6) is 0.725. The number of nitrogens with zero attached hydrogens (tertiary/aromatic N) is 6. The quantitative estimate of drug-likeness (QED) is 0.445. The number of pyridine rings is 1. The summed E-state index contributed by atoms with van der Waals surface area (Å²) in [6.45, 7) is 9.07. The summed E-state index contributed by atoms with van der Waals surface area (Å²) in [5.41, 5.74) is 4.00. The summed E-state index contributed by atoms with van der Waals surface area (Å²) in [7, 11) is 0. The van der Waals surface area contributed by atoms with Crippen molar-refractivity contribution in [1.29, 1.82) is 0 Å². The van der Waals surface area contributed by atoms with Gasteiger partial charge in [-0.05, 0) is 57.0 Å². The molecule has 5 rings (SSSR count). The van der Waals surface area contributed by atoms with E-state index < -0.39 is 5.82 Å². The Hall–Kier alpha value is -3.26. The number of rotatable bonds is 5. The molecular weight excluding hydrogens is 422 g/mol. The molecule has 1 unspecified atom stereocenters. The number of likely N-dealkylation sites (tertiary alicyclic amines) is 1. The molecule has 1 aromatic carbocycles. The molecule has 1 aliphatic heterocycles. The van der Waals surface area contributed by atoms with Crippen molar-refractivity contribution in [2.75, 3.05) is 19.6 Å². The number of benzene rings is 1. The third-order valence-corrected chi connectivity index (χ3v) is 6.44. The van der Waals surface area contributed by atoms with Crippen LogP contribution < -0.4 is 0 Å². The third-order valence-electron chi connectivity index (χ3n) is 6.44. The number of hydrogen-bond acceptors (Lipinski definition) is 5. The lowest BCUT2D eigenvalue weighted by Gasteiger charge is -2.15. The van der Waals surface area contributed by atoms with Gasteiger partial charge in [-0.15, -0.1) is 0 Å². The van der Waals surface area contributed by atoms with Crippen molar-refractivity contribution in [3.63, 3.8) is 0 Å². The molecule has 1 fully saturated rings. The predicted octanol–water partition coefficient (Wildman–Crippen LogP) is 4.64. The molecule has 8 heteroatoms. The van der Waals surface area contributed by atoms with Crippen molar-refractivity contribution < 1.29 is 8.78 Å². The Balaban J connectivity index is 1.56. The van der Waals surface area contributed by atoms with Crippen molar-refractivity contribution in [2.45, 2.75) is 39.7 Å². The minimum Gasteiger partial charge on any atom is -0.304 e. The molecule has 4 heterocycles. The van der Waals surface area contributed by atoms with Gasteiger partial charge in [0.2, 0.25) is 0 Å². The van der Waals surface area contributed by atoms with Gasteiger partial charge in [0.25, 0.3) is 0 Å². The van der Waals surface area contributed by atoms with Crippen LogP contribution in [0.1, 0.15) is 41.9 Å². The van der Waals surface area contributed by atoms with Gasteiger partial charge in [-0.1, -0.05) is 19.1 Å². The number of likely N-dealkylation sites (N-methyl/N-ethyl adjacent to an activating group) is 1. The van der Waals surface area contributed by atoms with E-state index in [0.717, 1.165) is 43.5 Å². The first-order valence-corrected chi connectivity index (χ1v) is 11.3. The Morgan fingerprint density at radius 3 is 2.64 bits per heavy atom. The number of hydrogen-bond donors (Lipinski definition) is 0. The maximum atomic E-state index is 15.3. The molecule has 4 aromatic rings. The van der Waals surface area contributed by atoms with Gasteiger partial charge in [-0.3, -0.25) is 4.98 Å². The van der Waals surface area contributed by atoms with Crippen LogP contribution in [0.4, 0.5) is 8.78 Å². The molecule has 0 amide bonds. The first-order chi connectivity index (χ1) is 15.9. The van der Waals surface area contributed by atoms with E-state index in [9.17, 15) is 4.39 Å². The first kappa shape index (κ1) is 21.6. The maximum absolute atomic E-state index is 15.3. The highest BCUT2D eigenvalue weighted by Gasteiger charge is 2.24. The molecule has 33 heavy (non-hydrogen) atoms. The van der Waals surface area contributed by atoms with E-state index in [4.69, 9.17) is 4.98 Å². The molecule has 0 N–H and O–H groups in total. The summed E-state index contributed by atoms with van der Waals surface area (Å²) < 4.78 is 31.0. The van der Waals surface area contributed by atoms with Gasteiger partial charge in [-0.2, -0.15) is 0 Å². The molecular formula is C25H26F2N6. The Morgan fingerprint density at radius 1 is 1.06 bits per heavy atom. The van der Waals surface area contributed by atoms with Crippen molar-refractivity contribution in [2.24, 2.45) is 0 Å². The van der Waals surface area contributed by atoms with Crippen LogP contribution in [0.5, 0.6) is 0 Å². The lowest BCUT2D eigenvalue weighted by molar-refractivity contribution is 0.354. The zero-order chi connectivity index (χ0) is 23.1. The van der Waals surface area contributed by atoms with Crippen LogP contribution in [0.15, 0.2) is 36.7 Å². The number of aryl methyl sites for hydroxylation is 2. The minimum atomic E-state index is -0.460. The molecule has 0 bridgehead atoms. The Morgan fingerprint density at radius 2 is 1.91 bits per heavy atom. The summed E-state index contributed by atoms with van der Waals surface area (Å²) >= 11 is 0. The maximum Gasteiger partial charge on any atom is 0.164 e. The number of halogens is 2. The summed E-state index contributed by atoms with van der Waals surface area (Å²) in [5, 5.41) is 0. The van der Waals surface area contributed by atoms with E-state index >= 15 is 4.39 Å². The zero-order valence-corrected chi connectivity index (χ0v) is 19.0. The lowest BCUT2D eigenvalue weighted by atomic mass is 9.97. The van der Waals surface area contributed by atoms with E-state index in [1.54, 1.807) is 12.3 Å². The van der Waals surface area contributed by atoms with E-state index in [1.165, 1.54) is 6.07 Å². The predicted molar refractivity (Wildman–Crippen MR) is 123 cm³/mol. The third kappa shape index (κ3) is 4.11. The van der Waals surface area contributed by atoms with Crippen LogP contribution in [0.25, 0.3) is 22.6 Å². The van der Waals surface area contributed by atoms with Crippen LogP contribution in [-0.4, -0.2) is 49.0 Å². The number of imidazole rings is 1. The average Bonchev–Trinajstić information content (AvgIpc) is 3.41. The Bertz CT molecular complexity index is 1330. The van der Waals surface area contributed by atoms with Crippen molar-refractivity contribution in [3.05, 3.63) is 70.9 Å². The fraction of sp³-hybridized carbons (Fsp3) is 0.360. The van der Waals surface area contributed by atoms with Crippen molar-refractivity contribution in [1.82, 2.24) is 29.4 Å². The second-order valence-electron chi connectivity index (χ2n) is 8.67. The zero-order valence-electron chi connectivity index (χ0n) is 19.0. The molecule has 1 atom stereocenters. The van der Waals surface area contributed by atoms with Crippen LogP contribution >= 0.6 is 0 Å². The number of fused-ring (bicyclic) bond motifs is 1. The summed E-state index contributed by atoms with van der Waals surface area (Å²) in [6, 6.07) is 6.91. The summed E-state index contributed by atoms with van der Waals surface area (Å²) in [4.78, 5) is 20.0. The average molecular weight is 449 g/mol. The fourth-order valence-electron chi connectivity index (χ4n) is 4.69. The monoisotopic (exact) mass is 448 g/mol. The highest BCUT2D eigenvalue weighted by atomic mass is 19.1. The van der Waals surface area contributed by atoms with Crippen molar-refractivity contribution in [3.8, 4) is 11.4 Å². The van der Waals surface area contributed by atoms with Crippen LogP contribution in [0, 0.1) is 25.5 Å². The Kier molecular flexibility index (Phi) is 5.62. The normalized spacial score (nSPS) is 16.7. The Labute approximate surface area is 191 Å². The van der Waals surface area contributed by atoms with Gasteiger partial charge >= 0.3 is 0 Å². The fourth-order valence-corrected chi connectivity index (χ4v) is 4.69. The van der Waals surface area contributed by atoms with Gasteiger partial charge in [0.05, 0.1) is 18.4 Å². The second kappa shape index (κ2) is 8.59. The second-order valence-corrected chi connectivity index (χ2v) is 8.67. The topological polar surface area (TPSA) is 59.7 Å². The molecule has 0 spiro atoms. The minimum absolute atomic E-state index is 0.218. The molecule has 6 nitrogen and oxygen atoms in total. The van der Waals surface area contributed by atoms with Gasteiger partial charge in [0, 0.05) is 23.9 Å². The smallest absolute Gasteiger partial charge is 0.164 e. The summed E-state index contributed by atoms with van der Waals surface area (Å²) in [6.07, 6.45) is 3.74. The van der Waals surface area contributed by atoms with E-state index in [1.807, 2.05) is 30.5 Å². The molecule has 0 radical (unpaired) electrons. The molecule has 170 valence electrons. The first-order valence-electron chi connectivity index (χ1n) is 11.3. The van der Waals surface area contributed by atoms with Crippen LogP contribution in [0.3, 0.4) is 0 Å². The molecule has 3 aromatic heterocycles. The molecule has 0 saturated carbocycles. The molecule has 1 saturated heterocycles. The lowest BCUT2D eigenvalue weighted by Crippen LogP contribution is -2.19. The SMILES string of the molecule is CCN1CCC(c2ccc(Cn3c(-c4cncc(F)c4)nc4c(C)nc(C)nc43)c(F)c2)C1.